The molecule has 1 atom stereocenters. The van der Waals surface area contributed by atoms with Gasteiger partial charge >= 0.3 is 23.8 Å². The number of halogens is 4. The van der Waals surface area contributed by atoms with Crippen LogP contribution in [0.25, 0.3) is 0 Å². The highest BCUT2D eigenvalue weighted by Gasteiger charge is 2.64. The Hall–Kier alpha value is -2.55. The lowest BCUT2D eigenvalue weighted by Crippen LogP contribution is -2.36. The molecule has 2 aromatic rings. The van der Waals surface area contributed by atoms with Gasteiger partial charge in [-0.15, -0.1) is 11.8 Å². The van der Waals surface area contributed by atoms with Gasteiger partial charge < -0.3 is 10.2 Å². The number of hydrogen-bond donors (Lipinski definition) is 2. The van der Waals surface area contributed by atoms with E-state index in [2.05, 4.69) is 0 Å². The van der Waals surface area contributed by atoms with Crippen LogP contribution < -0.4 is 0 Å². The molecule has 1 unspecified atom stereocenters. The van der Waals surface area contributed by atoms with E-state index in [1.54, 1.807) is 20.1 Å². The maximum atomic E-state index is 15.7. The molecule has 1 aliphatic carbocycles. The lowest BCUT2D eigenvalue weighted by molar-refractivity contribution is -0.223. The number of carboxylic acid groups (broad SMARTS) is 2. The molecule has 0 amide bonds. The minimum absolute atomic E-state index is 0.000544. The number of aliphatic carboxylic acids is 2. The van der Waals surface area contributed by atoms with Gasteiger partial charge in [0, 0.05) is 21.9 Å². The van der Waals surface area contributed by atoms with Crippen molar-refractivity contribution >= 4 is 23.7 Å². The maximum absolute atomic E-state index is 15.7. The first-order valence-corrected chi connectivity index (χ1v) is 11.2. The summed E-state index contributed by atoms with van der Waals surface area (Å²) < 4.78 is 62.3. The standard InChI is InChI=1S/C23H22F4O4S/c1-4-11-12(5-2)19-14(10-16(11)32-3)17(18(20(28)29)21(30)31)13-8-6-7-9-15(13)22(24,25)23(19,26)27/h6-10,17-18H,4-5H2,1-3H3,(H,28,29)(H,30,31). The molecule has 0 bridgehead atoms. The van der Waals surface area contributed by atoms with E-state index >= 15 is 17.6 Å². The summed E-state index contributed by atoms with van der Waals surface area (Å²) in [6.45, 7) is 3.28. The largest absolute Gasteiger partial charge is 0.481 e. The fourth-order valence-electron chi connectivity index (χ4n) is 4.65. The Balaban J connectivity index is 2.62. The van der Waals surface area contributed by atoms with Crippen LogP contribution in [0, 0.1) is 5.92 Å². The minimum atomic E-state index is -4.68. The normalized spacial score (nSPS) is 18.6. The number of benzene rings is 2. The first kappa shape index (κ1) is 24.1. The SMILES string of the molecule is CCc1c(SC)cc2c(c1CC)C(F)(F)C(F)(F)c1ccccc1C2C(C(=O)O)C(=O)O. The second-order valence-corrected chi connectivity index (χ2v) is 8.42. The summed E-state index contributed by atoms with van der Waals surface area (Å²) in [6, 6.07) is 5.65. The first-order chi connectivity index (χ1) is 14.9. The molecule has 0 fully saturated rings. The molecular formula is C23H22F4O4S. The number of carbonyl (C=O) groups is 2. The predicted octanol–water partition coefficient (Wildman–Crippen LogP) is 5.65. The van der Waals surface area contributed by atoms with Gasteiger partial charge in [-0.25, -0.2) is 0 Å². The number of fused-ring (bicyclic) bond motifs is 2. The predicted molar refractivity (Wildman–Crippen MR) is 112 cm³/mol. The summed E-state index contributed by atoms with van der Waals surface area (Å²) in [4.78, 5) is 24.5. The molecular weight excluding hydrogens is 448 g/mol. The van der Waals surface area contributed by atoms with Crippen LogP contribution in [-0.2, 0) is 34.3 Å². The molecule has 0 spiro atoms. The highest BCUT2D eigenvalue weighted by molar-refractivity contribution is 7.98. The van der Waals surface area contributed by atoms with Crippen molar-refractivity contribution in [3.8, 4) is 0 Å². The first-order valence-electron chi connectivity index (χ1n) is 9.99. The van der Waals surface area contributed by atoms with Crippen molar-refractivity contribution in [2.75, 3.05) is 6.26 Å². The summed E-state index contributed by atoms with van der Waals surface area (Å²) in [7, 11) is 0. The van der Waals surface area contributed by atoms with Crippen molar-refractivity contribution in [2.24, 2.45) is 5.92 Å². The van der Waals surface area contributed by atoms with E-state index in [0.29, 0.717) is 16.9 Å². The molecule has 0 saturated carbocycles. The van der Waals surface area contributed by atoms with Crippen molar-refractivity contribution in [1.82, 2.24) is 0 Å². The molecule has 1 aliphatic rings. The monoisotopic (exact) mass is 470 g/mol. The summed E-state index contributed by atoms with van der Waals surface area (Å²) in [5, 5.41) is 19.4. The lowest BCUT2D eigenvalue weighted by Gasteiger charge is -2.30. The van der Waals surface area contributed by atoms with Gasteiger partial charge in [-0.2, -0.15) is 17.6 Å². The van der Waals surface area contributed by atoms with Crippen LogP contribution in [0.4, 0.5) is 17.6 Å². The maximum Gasteiger partial charge on any atom is 0.340 e. The molecule has 172 valence electrons. The molecule has 0 aromatic heterocycles. The number of hydrogen-bond acceptors (Lipinski definition) is 3. The topological polar surface area (TPSA) is 74.6 Å². The molecule has 0 radical (unpaired) electrons. The Labute approximate surface area is 186 Å². The highest BCUT2D eigenvalue weighted by atomic mass is 32.2. The molecule has 3 rings (SSSR count). The third kappa shape index (κ3) is 3.37. The highest BCUT2D eigenvalue weighted by Crippen LogP contribution is 2.59. The van der Waals surface area contributed by atoms with Crippen LogP contribution >= 0.6 is 11.8 Å². The molecule has 2 N–H and O–H groups in total. The van der Waals surface area contributed by atoms with Crippen molar-refractivity contribution in [3.63, 3.8) is 0 Å². The van der Waals surface area contributed by atoms with Gasteiger partial charge in [0.1, 0.15) is 0 Å². The van der Waals surface area contributed by atoms with Gasteiger partial charge in [0.05, 0.1) is 0 Å². The second-order valence-electron chi connectivity index (χ2n) is 7.58. The van der Waals surface area contributed by atoms with Crippen LogP contribution in [0.1, 0.15) is 53.1 Å². The third-order valence-corrected chi connectivity index (χ3v) is 6.81. The number of carboxylic acids is 2. The summed E-state index contributed by atoms with van der Waals surface area (Å²) >= 11 is 1.21. The molecule has 0 saturated heterocycles. The van der Waals surface area contributed by atoms with Gasteiger partial charge in [-0.1, -0.05) is 38.1 Å². The number of thioether (sulfide) groups is 1. The molecule has 0 heterocycles. The van der Waals surface area contributed by atoms with E-state index < -0.39 is 52.3 Å². The van der Waals surface area contributed by atoms with Gasteiger partial charge in [0.25, 0.3) is 0 Å². The fraction of sp³-hybridized carbons (Fsp3) is 0.391. The molecule has 0 aliphatic heterocycles. The number of rotatable bonds is 6. The average molecular weight is 470 g/mol. The van der Waals surface area contributed by atoms with Crippen molar-refractivity contribution < 1.29 is 37.4 Å². The van der Waals surface area contributed by atoms with E-state index in [4.69, 9.17) is 0 Å². The van der Waals surface area contributed by atoms with Crippen molar-refractivity contribution in [2.45, 2.75) is 49.3 Å². The van der Waals surface area contributed by atoms with Gasteiger partial charge in [0.2, 0.25) is 0 Å². The van der Waals surface area contributed by atoms with Gasteiger partial charge in [-0.05, 0) is 47.4 Å². The van der Waals surface area contributed by atoms with Crippen LogP contribution in [0.3, 0.4) is 0 Å². The molecule has 4 nitrogen and oxygen atoms in total. The van der Waals surface area contributed by atoms with E-state index in [1.165, 1.54) is 23.9 Å². The van der Waals surface area contributed by atoms with Crippen LogP contribution in [0.15, 0.2) is 35.2 Å². The average Bonchev–Trinajstić information content (AvgIpc) is 2.79. The summed E-state index contributed by atoms with van der Waals surface area (Å²) in [5.74, 6) is -16.9. The van der Waals surface area contributed by atoms with Crippen molar-refractivity contribution in [3.05, 3.63) is 63.7 Å². The Morgan fingerprint density at radius 3 is 2.03 bits per heavy atom. The van der Waals surface area contributed by atoms with Crippen molar-refractivity contribution in [1.29, 1.82) is 0 Å². The zero-order valence-electron chi connectivity index (χ0n) is 17.6. The van der Waals surface area contributed by atoms with Gasteiger partial charge in [0.15, 0.2) is 5.92 Å². The fourth-order valence-corrected chi connectivity index (χ4v) is 5.41. The van der Waals surface area contributed by atoms with Crippen LogP contribution in [0.5, 0.6) is 0 Å². The third-order valence-electron chi connectivity index (χ3n) is 6.01. The Kier molecular flexibility index (Phi) is 6.34. The molecule has 2 aromatic carbocycles. The van der Waals surface area contributed by atoms with E-state index in [0.717, 1.165) is 18.2 Å². The van der Waals surface area contributed by atoms with Gasteiger partial charge in [-0.3, -0.25) is 9.59 Å². The molecule has 32 heavy (non-hydrogen) atoms. The Bertz CT molecular complexity index is 1070. The smallest absolute Gasteiger partial charge is 0.340 e. The number of alkyl halides is 4. The zero-order valence-corrected chi connectivity index (χ0v) is 18.4. The lowest BCUT2D eigenvalue weighted by atomic mass is 9.76. The van der Waals surface area contributed by atoms with Crippen LogP contribution in [0.2, 0.25) is 0 Å². The van der Waals surface area contributed by atoms with E-state index in [1.807, 2.05) is 0 Å². The Morgan fingerprint density at radius 2 is 1.53 bits per heavy atom. The minimum Gasteiger partial charge on any atom is -0.481 e. The quantitative estimate of drug-likeness (QED) is 0.324. The summed E-state index contributed by atoms with van der Waals surface area (Å²) in [5.41, 5.74) is -2.36. The summed E-state index contributed by atoms with van der Waals surface area (Å²) in [6.07, 6.45) is 1.99. The van der Waals surface area contributed by atoms with E-state index in [9.17, 15) is 19.8 Å². The zero-order chi connectivity index (χ0) is 24.0. The Morgan fingerprint density at radius 1 is 0.969 bits per heavy atom. The van der Waals surface area contributed by atoms with Crippen LogP contribution in [-0.4, -0.2) is 28.4 Å². The van der Waals surface area contributed by atoms with E-state index in [-0.39, 0.29) is 17.5 Å². The second kappa shape index (κ2) is 8.42. The molecule has 9 heteroatoms.